The molecule has 0 saturated heterocycles. The Kier molecular flexibility index (Phi) is 8.45. The van der Waals surface area contributed by atoms with Crippen molar-refractivity contribution >= 4 is 11.5 Å². The Labute approximate surface area is 176 Å². The fourth-order valence-electron chi connectivity index (χ4n) is 3.78. The number of ether oxygens (including phenoxy) is 1. The van der Waals surface area contributed by atoms with Gasteiger partial charge in [-0.15, -0.1) is 0 Å². The van der Waals surface area contributed by atoms with E-state index in [1.165, 1.54) is 42.0 Å². The van der Waals surface area contributed by atoms with Gasteiger partial charge < -0.3 is 4.74 Å². The number of hydrogen-bond donors (Lipinski definition) is 0. The number of esters is 1. The Bertz CT molecular complexity index is 846. The van der Waals surface area contributed by atoms with E-state index in [1.807, 2.05) is 32.1 Å². The molecule has 0 bridgehead atoms. The second-order valence-electron chi connectivity index (χ2n) is 8.25. The summed E-state index contributed by atoms with van der Waals surface area (Å²) in [5, 5.41) is 0. The van der Waals surface area contributed by atoms with Gasteiger partial charge in [-0.05, 0) is 67.7 Å². The van der Waals surface area contributed by atoms with E-state index in [1.54, 1.807) is 0 Å². The first-order valence-electron chi connectivity index (χ1n) is 10.5. The molecular formula is C27H34O2. The summed E-state index contributed by atoms with van der Waals surface area (Å²) in [6.45, 7) is 11.0. The van der Waals surface area contributed by atoms with Crippen LogP contribution in [-0.4, -0.2) is 12.6 Å². The predicted octanol–water partition coefficient (Wildman–Crippen LogP) is 7.22. The number of allylic oxidation sites excluding steroid dienone is 9. The van der Waals surface area contributed by atoms with Crippen molar-refractivity contribution in [3.63, 3.8) is 0 Å². The molecule has 154 valence electrons. The van der Waals surface area contributed by atoms with E-state index in [-0.39, 0.29) is 11.4 Å². The number of rotatable bonds is 7. The second-order valence-corrected chi connectivity index (χ2v) is 8.25. The fourth-order valence-corrected chi connectivity index (χ4v) is 3.78. The fraction of sp³-hybridized carbons (Fsp3) is 0.370. The summed E-state index contributed by atoms with van der Waals surface area (Å²) in [5.41, 5.74) is 6.35. The van der Waals surface area contributed by atoms with Crippen molar-refractivity contribution in [2.24, 2.45) is 5.41 Å². The van der Waals surface area contributed by atoms with Crippen LogP contribution in [0.25, 0.3) is 5.57 Å². The minimum atomic E-state index is -0.302. The van der Waals surface area contributed by atoms with Crippen LogP contribution in [-0.2, 0) is 9.53 Å². The molecule has 0 aromatic heterocycles. The van der Waals surface area contributed by atoms with E-state index < -0.39 is 0 Å². The highest BCUT2D eigenvalue weighted by Gasteiger charge is 2.26. The van der Waals surface area contributed by atoms with Gasteiger partial charge >= 0.3 is 5.97 Å². The lowest BCUT2D eigenvalue weighted by molar-refractivity contribution is -0.137. The van der Waals surface area contributed by atoms with Gasteiger partial charge in [0, 0.05) is 6.08 Å². The van der Waals surface area contributed by atoms with E-state index in [4.69, 9.17) is 4.74 Å². The van der Waals surface area contributed by atoms with Gasteiger partial charge in [0.1, 0.15) is 0 Å². The maximum absolute atomic E-state index is 11.6. The van der Waals surface area contributed by atoms with Crippen molar-refractivity contribution in [3.05, 3.63) is 89.1 Å². The molecule has 0 spiro atoms. The van der Waals surface area contributed by atoms with Gasteiger partial charge in [0.05, 0.1) is 6.61 Å². The summed E-state index contributed by atoms with van der Waals surface area (Å²) < 4.78 is 4.96. The largest absolute Gasteiger partial charge is 0.463 e. The summed E-state index contributed by atoms with van der Waals surface area (Å²) in [6.07, 6.45) is 15.7. The van der Waals surface area contributed by atoms with Gasteiger partial charge in [-0.3, -0.25) is 0 Å². The Morgan fingerprint density at radius 2 is 1.90 bits per heavy atom. The van der Waals surface area contributed by atoms with Crippen molar-refractivity contribution < 1.29 is 9.53 Å². The molecule has 2 heteroatoms. The standard InChI is InChI=1S/C27H34O2/c1-6-29-26(28)20-21(2)12-10-16-24(23-14-8-7-9-15-23)17-18-25-22(3)13-11-19-27(25,4)5/h7-10,12,14-18,20H,6,11,13,19H2,1-5H3/b12-10+,18-17+,21-20+,24-16-. The van der Waals surface area contributed by atoms with Crippen LogP contribution in [0.2, 0.25) is 0 Å². The van der Waals surface area contributed by atoms with Crippen LogP contribution in [0.1, 0.15) is 59.4 Å². The van der Waals surface area contributed by atoms with Crippen molar-refractivity contribution in [1.82, 2.24) is 0 Å². The van der Waals surface area contributed by atoms with Crippen LogP contribution < -0.4 is 0 Å². The first-order chi connectivity index (χ1) is 13.8. The SMILES string of the molecule is CCOC(=O)/C=C(C)/C=C/C=C(/C=C/C1=C(C)CCCC1(C)C)c1ccccc1. The average molecular weight is 391 g/mol. The Morgan fingerprint density at radius 3 is 2.55 bits per heavy atom. The maximum atomic E-state index is 11.6. The maximum Gasteiger partial charge on any atom is 0.330 e. The molecule has 0 saturated carbocycles. The lowest BCUT2D eigenvalue weighted by atomic mass is 9.72. The van der Waals surface area contributed by atoms with Gasteiger partial charge in [0.2, 0.25) is 0 Å². The van der Waals surface area contributed by atoms with Crippen LogP contribution in [0, 0.1) is 5.41 Å². The molecule has 29 heavy (non-hydrogen) atoms. The van der Waals surface area contributed by atoms with Crippen molar-refractivity contribution in [2.45, 2.75) is 53.9 Å². The van der Waals surface area contributed by atoms with E-state index in [9.17, 15) is 4.79 Å². The molecule has 2 rings (SSSR count). The first kappa shape index (κ1) is 22.7. The highest BCUT2D eigenvalue weighted by molar-refractivity contribution is 5.83. The molecule has 0 fully saturated rings. The monoisotopic (exact) mass is 390 g/mol. The number of carbonyl (C=O) groups is 1. The summed E-state index contributed by atoms with van der Waals surface area (Å²) in [7, 11) is 0. The molecular weight excluding hydrogens is 356 g/mol. The molecule has 0 aliphatic heterocycles. The molecule has 0 radical (unpaired) electrons. The summed E-state index contributed by atoms with van der Waals surface area (Å²) >= 11 is 0. The minimum Gasteiger partial charge on any atom is -0.463 e. The lowest BCUT2D eigenvalue weighted by Crippen LogP contribution is -2.19. The van der Waals surface area contributed by atoms with Crippen molar-refractivity contribution in [1.29, 1.82) is 0 Å². The van der Waals surface area contributed by atoms with E-state index in [0.717, 1.165) is 11.1 Å². The summed E-state index contributed by atoms with van der Waals surface area (Å²) in [4.78, 5) is 11.6. The third-order valence-corrected chi connectivity index (χ3v) is 5.35. The third-order valence-electron chi connectivity index (χ3n) is 5.35. The molecule has 1 aromatic carbocycles. The van der Waals surface area contributed by atoms with Gasteiger partial charge in [-0.2, -0.15) is 0 Å². The molecule has 0 atom stereocenters. The molecule has 0 heterocycles. The summed E-state index contributed by atoms with van der Waals surface area (Å²) in [5.74, 6) is -0.302. The van der Waals surface area contributed by atoms with Crippen LogP contribution in [0.4, 0.5) is 0 Å². The van der Waals surface area contributed by atoms with Crippen molar-refractivity contribution in [3.8, 4) is 0 Å². The lowest BCUT2D eigenvalue weighted by Gasteiger charge is -2.33. The molecule has 0 N–H and O–H groups in total. The zero-order valence-electron chi connectivity index (χ0n) is 18.5. The Hall–Kier alpha value is -2.61. The van der Waals surface area contributed by atoms with Crippen LogP contribution in [0.15, 0.2) is 83.5 Å². The zero-order valence-corrected chi connectivity index (χ0v) is 18.5. The summed E-state index contributed by atoms with van der Waals surface area (Å²) in [6, 6.07) is 10.4. The van der Waals surface area contributed by atoms with Crippen LogP contribution in [0.5, 0.6) is 0 Å². The topological polar surface area (TPSA) is 26.3 Å². The smallest absolute Gasteiger partial charge is 0.330 e. The van der Waals surface area contributed by atoms with Crippen LogP contribution in [0.3, 0.4) is 0 Å². The molecule has 0 unspecified atom stereocenters. The Balaban J connectivity index is 2.30. The van der Waals surface area contributed by atoms with E-state index >= 15 is 0 Å². The molecule has 1 aliphatic rings. The number of benzene rings is 1. The van der Waals surface area contributed by atoms with Crippen LogP contribution >= 0.6 is 0 Å². The van der Waals surface area contributed by atoms with Gasteiger partial charge in [-0.1, -0.05) is 80.1 Å². The Morgan fingerprint density at radius 1 is 1.17 bits per heavy atom. The molecule has 0 amide bonds. The second kappa shape index (κ2) is 10.8. The quantitative estimate of drug-likeness (QED) is 0.279. The van der Waals surface area contributed by atoms with E-state index in [0.29, 0.717) is 6.61 Å². The number of hydrogen-bond acceptors (Lipinski definition) is 2. The minimum absolute atomic E-state index is 0.218. The third kappa shape index (κ3) is 7.05. The average Bonchev–Trinajstić information content (AvgIpc) is 2.66. The number of carbonyl (C=O) groups excluding carboxylic acids is 1. The highest BCUT2D eigenvalue weighted by Crippen LogP contribution is 2.41. The molecule has 1 aromatic rings. The van der Waals surface area contributed by atoms with Gasteiger partial charge in [0.15, 0.2) is 0 Å². The zero-order chi connectivity index (χ0) is 21.3. The predicted molar refractivity (Wildman–Crippen MR) is 123 cm³/mol. The van der Waals surface area contributed by atoms with Crippen molar-refractivity contribution in [2.75, 3.05) is 6.61 Å². The van der Waals surface area contributed by atoms with E-state index in [2.05, 4.69) is 63.3 Å². The molecule has 1 aliphatic carbocycles. The van der Waals surface area contributed by atoms with Gasteiger partial charge in [-0.25, -0.2) is 4.79 Å². The highest BCUT2D eigenvalue weighted by atomic mass is 16.5. The molecule has 2 nitrogen and oxygen atoms in total. The normalized spacial score (nSPS) is 18.0. The van der Waals surface area contributed by atoms with Gasteiger partial charge in [0.25, 0.3) is 0 Å². The first-order valence-corrected chi connectivity index (χ1v) is 10.5.